The Balaban J connectivity index is 1.53. The molecule has 0 aliphatic carbocycles. The fourth-order valence-corrected chi connectivity index (χ4v) is 3.47. The number of morpholine rings is 2. The molecule has 0 N–H and O–H groups in total. The van der Waals surface area contributed by atoms with Gasteiger partial charge in [-0.1, -0.05) is 12.1 Å². The standard InChI is InChI=1S/C20H22FN3O3/c21-16-5-3-15(4-6-16)18-14-24(10-13-27-18)20(25)17-2-1-7-22-19(17)23-8-11-26-12-9-23/h1-7,18H,8-14H2. The monoisotopic (exact) mass is 371 g/mol. The van der Waals surface area contributed by atoms with Gasteiger partial charge in [-0.05, 0) is 29.8 Å². The second-order valence-electron chi connectivity index (χ2n) is 6.64. The van der Waals surface area contributed by atoms with Gasteiger partial charge < -0.3 is 19.3 Å². The lowest BCUT2D eigenvalue weighted by molar-refractivity contribution is -0.0228. The first-order chi connectivity index (χ1) is 13.2. The zero-order valence-electron chi connectivity index (χ0n) is 15.0. The van der Waals surface area contributed by atoms with Crippen molar-refractivity contribution in [2.24, 2.45) is 0 Å². The third-order valence-corrected chi connectivity index (χ3v) is 4.92. The molecule has 0 saturated carbocycles. The number of nitrogens with zero attached hydrogens (tertiary/aromatic N) is 3. The molecule has 1 atom stereocenters. The van der Waals surface area contributed by atoms with Gasteiger partial charge in [-0.25, -0.2) is 9.37 Å². The van der Waals surface area contributed by atoms with Gasteiger partial charge in [0.05, 0.1) is 31.9 Å². The van der Waals surface area contributed by atoms with Crippen molar-refractivity contribution in [2.45, 2.75) is 6.10 Å². The van der Waals surface area contributed by atoms with E-state index in [9.17, 15) is 9.18 Å². The Morgan fingerprint density at radius 1 is 1.07 bits per heavy atom. The van der Waals surface area contributed by atoms with Crippen molar-refractivity contribution in [3.8, 4) is 0 Å². The van der Waals surface area contributed by atoms with Gasteiger partial charge in [0.15, 0.2) is 0 Å². The number of ether oxygens (including phenoxy) is 2. The summed E-state index contributed by atoms with van der Waals surface area (Å²) in [6, 6.07) is 9.85. The van der Waals surface area contributed by atoms with Gasteiger partial charge in [-0.3, -0.25) is 4.79 Å². The summed E-state index contributed by atoms with van der Waals surface area (Å²) in [5.41, 5.74) is 1.47. The van der Waals surface area contributed by atoms with Crippen LogP contribution in [0.15, 0.2) is 42.6 Å². The van der Waals surface area contributed by atoms with E-state index in [-0.39, 0.29) is 17.8 Å². The molecular weight excluding hydrogens is 349 g/mol. The number of benzene rings is 1. The average Bonchev–Trinajstić information content (AvgIpc) is 2.74. The van der Waals surface area contributed by atoms with E-state index < -0.39 is 0 Å². The number of amides is 1. The van der Waals surface area contributed by atoms with Crippen LogP contribution in [0.1, 0.15) is 22.0 Å². The molecular formula is C20H22FN3O3. The maximum absolute atomic E-state index is 13.2. The fraction of sp³-hybridized carbons (Fsp3) is 0.400. The van der Waals surface area contributed by atoms with Gasteiger partial charge in [-0.2, -0.15) is 0 Å². The minimum atomic E-state index is -0.284. The summed E-state index contributed by atoms with van der Waals surface area (Å²) in [7, 11) is 0. The van der Waals surface area contributed by atoms with Gasteiger partial charge in [0.1, 0.15) is 17.7 Å². The Morgan fingerprint density at radius 2 is 1.85 bits per heavy atom. The molecule has 4 rings (SSSR count). The Kier molecular flexibility index (Phi) is 5.31. The zero-order valence-corrected chi connectivity index (χ0v) is 15.0. The molecule has 7 heteroatoms. The Bertz CT molecular complexity index is 793. The number of aromatic nitrogens is 1. The van der Waals surface area contributed by atoms with Crippen molar-refractivity contribution in [1.29, 1.82) is 0 Å². The molecule has 3 heterocycles. The molecule has 1 amide bonds. The second kappa shape index (κ2) is 8.02. The van der Waals surface area contributed by atoms with E-state index in [1.807, 2.05) is 6.07 Å². The van der Waals surface area contributed by atoms with E-state index in [1.165, 1.54) is 12.1 Å². The summed E-state index contributed by atoms with van der Waals surface area (Å²) >= 11 is 0. The molecule has 2 saturated heterocycles. The van der Waals surface area contributed by atoms with Gasteiger partial charge in [0.2, 0.25) is 0 Å². The lowest BCUT2D eigenvalue weighted by atomic mass is 10.1. The summed E-state index contributed by atoms with van der Waals surface area (Å²) in [4.78, 5) is 21.5. The smallest absolute Gasteiger partial charge is 0.257 e. The van der Waals surface area contributed by atoms with Gasteiger partial charge >= 0.3 is 0 Å². The summed E-state index contributed by atoms with van der Waals surface area (Å²) in [5.74, 6) is 0.364. The highest BCUT2D eigenvalue weighted by molar-refractivity contribution is 5.99. The quantitative estimate of drug-likeness (QED) is 0.829. The largest absolute Gasteiger partial charge is 0.378 e. The van der Waals surface area contributed by atoms with Crippen LogP contribution in [0.25, 0.3) is 0 Å². The maximum Gasteiger partial charge on any atom is 0.257 e. The second-order valence-corrected chi connectivity index (χ2v) is 6.64. The third kappa shape index (κ3) is 3.94. The fourth-order valence-electron chi connectivity index (χ4n) is 3.47. The molecule has 2 aliphatic rings. The van der Waals surface area contributed by atoms with Crippen LogP contribution in [0.3, 0.4) is 0 Å². The van der Waals surface area contributed by atoms with Crippen molar-refractivity contribution in [3.63, 3.8) is 0 Å². The molecule has 1 aromatic heterocycles. The summed E-state index contributed by atoms with van der Waals surface area (Å²) in [6.07, 6.45) is 1.45. The van der Waals surface area contributed by atoms with E-state index in [2.05, 4.69) is 9.88 Å². The molecule has 0 spiro atoms. The van der Waals surface area contributed by atoms with Gasteiger partial charge in [0.25, 0.3) is 5.91 Å². The van der Waals surface area contributed by atoms with E-state index in [0.717, 1.165) is 18.7 Å². The highest BCUT2D eigenvalue weighted by Crippen LogP contribution is 2.26. The molecule has 0 bridgehead atoms. The highest BCUT2D eigenvalue weighted by Gasteiger charge is 2.29. The van der Waals surface area contributed by atoms with Crippen molar-refractivity contribution < 1.29 is 18.7 Å². The van der Waals surface area contributed by atoms with E-state index in [0.29, 0.717) is 44.3 Å². The first-order valence-corrected chi connectivity index (χ1v) is 9.16. The highest BCUT2D eigenvalue weighted by atomic mass is 19.1. The number of carbonyl (C=O) groups excluding carboxylic acids is 1. The van der Waals surface area contributed by atoms with E-state index in [1.54, 1.807) is 29.3 Å². The topological polar surface area (TPSA) is 54.9 Å². The first-order valence-electron chi connectivity index (χ1n) is 9.16. The molecule has 2 fully saturated rings. The molecule has 142 valence electrons. The van der Waals surface area contributed by atoms with Crippen molar-refractivity contribution in [3.05, 3.63) is 59.5 Å². The maximum atomic E-state index is 13.2. The Labute approximate surface area is 157 Å². The minimum Gasteiger partial charge on any atom is -0.378 e. The number of hydrogen-bond acceptors (Lipinski definition) is 5. The van der Waals surface area contributed by atoms with Gasteiger partial charge in [0, 0.05) is 25.8 Å². The summed E-state index contributed by atoms with van der Waals surface area (Å²) < 4.78 is 24.4. The minimum absolute atomic E-state index is 0.0556. The van der Waals surface area contributed by atoms with Crippen LogP contribution in [0.2, 0.25) is 0 Å². The van der Waals surface area contributed by atoms with Crippen LogP contribution >= 0.6 is 0 Å². The van der Waals surface area contributed by atoms with Crippen LogP contribution in [-0.2, 0) is 9.47 Å². The summed E-state index contributed by atoms with van der Waals surface area (Å²) in [6.45, 7) is 4.11. The SMILES string of the molecule is O=C(c1cccnc1N1CCOCC1)N1CCOC(c2ccc(F)cc2)C1. The van der Waals surface area contributed by atoms with Crippen LogP contribution in [0, 0.1) is 5.82 Å². The number of anilines is 1. The van der Waals surface area contributed by atoms with Gasteiger partial charge in [-0.15, -0.1) is 0 Å². The molecule has 2 aliphatic heterocycles. The van der Waals surface area contributed by atoms with E-state index in [4.69, 9.17) is 9.47 Å². The van der Waals surface area contributed by atoms with Crippen LogP contribution in [-0.4, -0.2) is 61.8 Å². The molecule has 0 radical (unpaired) electrons. The molecule has 27 heavy (non-hydrogen) atoms. The van der Waals surface area contributed by atoms with Crippen LogP contribution < -0.4 is 4.90 Å². The molecule has 1 unspecified atom stereocenters. The van der Waals surface area contributed by atoms with E-state index >= 15 is 0 Å². The lowest BCUT2D eigenvalue weighted by Gasteiger charge is -2.34. The number of carbonyl (C=O) groups is 1. The average molecular weight is 371 g/mol. The van der Waals surface area contributed by atoms with Crippen molar-refractivity contribution >= 4 is 11.7 Å². The van der Waals surface area contributed by atoms with Crippen LogP contribution in [0.5, 0.6) is 0 Å². The number of pyridine rings is 1. The third-order valence-electron chi connectivity index (χ3n) is 4.92. The zero-order chi connectivity index (χ0) is 18.6. The number of rotatable bonds is 3. The summed E-state index contributed by atoms with van der Waals surface area (Å²) in [5, 5.41) is 0. The first kappa shape index (κ1) is 17.9. The lowest BCUT2D eigenvalue weighted by Crippen LogP contribution is -2.43. The predicted octanol–water partition coefficient (Wildman–Crippen LogP) is 2.27. The molecule has 2 aromatic rings. The number of halogens is 1. The van der Waals surface area contributed by atoms with Crippen molar-refractivity contribution in [1.82, 2.24) is 9.88 Å². The predicted molar refractivity (Wildman–Crippen MR) is 98.3 cm³/mol. The Hall–Kier alpha value is -2.51. The number of hydrogen-bond donors (Lipinski definition) is 0. The normalized spacial score (nSPS) is 20.6. The molecule has 1 aromatic carbocycles. The van der Waals surface area contributed by atoms with Crippen molar-refractivity contribution in [2.75, 3.05) is 50.9 Å². The van der Waals surface area contributed by atoms with Crippen LogP contribution in [0.4, 0.5) is 10.2 Å². The Morgan fingerprint density at radius 3 is 2.63 bits per heavy atom. The molecule has 6 nitrogen and oxygen atoms in total.